The number of benzene rings is 1. The highest BCUT2D eigenvalue weighted by atomic mass is 79.9. The van der Waals surface area contributed by atoms with Crippen molar-refractivity contribution in [3.05, 3.63) is 33.8 Å². The first-order valence-corrected chi connectivity index (χ1v) is 8.06. The molecule has 0 bridgehead atoms. The predicted octanol–water partition coefficient (Wildman–Crippen LogP) is 4.30. The van der Waals surface area contributed by atoms with Crippen LogP contribution in [0.25, 0.3) is 0 Å². The number of carbonyl (C=O) groups excluding carboxylic acids is 1. The summed E-state index contributed by atoms with van der Waals surface area (Å²) in [5, 5.41) is 3.99. The van der Waals surface area contributed by atoms with E-state index >= 15 is 0 Å². The van der Waals surface area contributed by atoms with E-state index in [4.69, 9.17) is 0 Å². The normalized spacial score (nSPS) is 12.2. The molecule has 0 aliphatic rings. The highest BCUT2D eigenvalue weighted by molar-refractivity contribution is 9.10. The third-order valence-corrected chi connectivity index (χ3v) is 4.45. The van der Waals surface area contributed by atoms with Gasteiger partial charge in [-0.05, 0) is 49.4 Å². The number of aryl methyl sites for hydroxylation is 1. The van der Waals surface area contributed by atoms with Crippen molar-refractivity contribution >= 4 is 37.8 Å². The largest absolute Gasteiger partial charge is 0.352 e. The smallest absolute Gasteiger partial charge is 0.251 e. The second-order valence-corrected chi connectivity index (χ2v) is 6.18. The molecule has 0 fully saturated rings. The second kappa shape index (κ2) is 7.95. The number of nitrogens with one attached hydrogen (secondary N) is 1. The van der Waals surface area contributed by atoms with E-state index in [0.29, 0.717) is 5.92 Å². The molecule has 1 rings (SSSR count). The maximum Gasteiger partial charge on any atom is 0.251 e. The number of halogens is 2. The molecule has 1 unspecified atom stereocenters. The zero-order chi connectivity index (χ0) is 13.5. The first kappa shape index (κ1) is 15.7. The van der Waals surface area contributed by atoms with E-state index in [1.807, 2.05) is 25.1 Å². The van der Waals surface area contributed by atoms with E-state index in [0.717, 1.165) is 40.3 Å². The number of rotatable bonds is 6. The summed E-state index contributed by atoms with van der Waals surface area (Å²) < 4.78 is 1.00. The molecule has 0 saturated carbocycles. The molecule has 1 amide bonds. The molecule has 0 aliphatic carbocycles. The molecule has 0 spiro atoms. The minimum atomic E-state index is 0.0199. The fraction of sp³-hybridized carbons (Fsp3) is 0.500. The van der Waals surface area contributed by atoms with Crippen LogP contribution in [-0.4, -0.2) is 17.8 Å². The molecule has 0 radical (unpaired) electrons. The van der Waals surface area contributed by atoms with Crippen molar-refractivity contribution in [2.75, 3.05) is 11.9 Å². The molecule has 100 valence electrons. The lowest BCUT2D eigenvalue weighted by Crippen LogP contribution is -2.25. The molecular formula is C14H19Br2NO. The van der Waals surface area contributed by atoms with Crippen LogP contribution in [0, 0.1) is 12.8 Å². The van der Waals surface area contributed by atoms with Gasteiger partial charge in [0.05, 0.1) is 0 Å². The SMILES string of the molecule is Cc1cc(Br)ccc1C(=O)NCCCC(C)CBr. The van der Waals surface area contributed by atoms with Gasteiger partial charge in [0.15, 0.2) is 0 Å². The molecular weight excluding hydrogens is 358 g/mol. The van der Waals surface area contributed by atoms with Crippen molar-refractivity contribution in [2.24, 2.45) is 5.92 Å². The van der Waals surface area contributed by atoms with Gasteiger partial charge in [-0.15, -0.1) is 0 Å². The molecule has 18 heavy (non-hydrogen) atoms. The van der Waals surface area contributed by atoms with Gasteiger partial charge in [0.1, 0.15) is 0 Å². The van der Waals surface area contributed by atoms with E-state index in [1.54, 1.807) is 0 Å². The van der Waals surface area contributed by atoms with Gasteiger partial charge >= 0.3 is 0 Å². The van der Waals surface area contributed by atoms with Gasteiger partial charge in [-0.25, -0.2) is 0 Å². The highest BCUT2D eigenvalue weighted by Crippen LogP contribution is 2.15. The van der Waals surface area contributed by atoms with Gasteiger partial charge in [0, 0.05) is 21.9 Å². The summed E-state index contributed by atoms with van der Waals surface area (Å²) in [5.41, 5.74) is 1.75. The van der Waals surface area contributed by atoms with Gasteiger partial charge in [-0.1, -0.05) is 38.8 Å². The van der Waals surface area contributed by atoms with E-state index in [1.165, 1.54) is 0 Å². The monoisotopic (exact) mass is 375 g/mol. The van der Waals surface area contributed by atoms with Crippen molar-refractivity contribution in [3.63, 3.8) is 0 Å². The Labute approximate surface area is 126 Å². The number of carbonyl (C=O) groups is 1. The first-order chi connectivity index (χ1) is 8.54. The molecule has 2 nitrogen and oxygen atoms in total. The first-order valence-electron chi connectivity index (χ1n) is 6.15. The van der Waals surface area contributed by atoms with Crippen LogP contribution in [-0.2, 0) is 0 Å². The van der Waals surface area contributed by atoms with E-state index in [9.17, 15) is 4.79 Å². The molecule has 4 heteroatoms. The van der Waals surface area contributed by atoms with Crippen molar-refractivity contribution in [3.8, 4) is 0 Å². The van der Waals surface area contributed by atoms with Crippen LogP contribution in [0.1, 0.15) is 35.7 Å². The maximum atomic E-state index is 12.0. The van der Waals surface area contributed by atoms with Gasteiger partial charge < -0.3 is 5.32 Å². The summed E-state index contributed by atoms with van der Waals surface area (Å²) >= 11 is 6.85. The van der Waals surface area contributed by atoms with Crippen molar-refractivity contribution in [1.82, 2.24) is 5.32 Å². The molecule has 0 aromatic heterocycles. The quantitative estimate of drug-likeness (QED) is 0.582. The minimum Gasteiger partial charge on any atom is -0.352 e. The third kappa shape index (κ3) is 5.11. The number of amides is 1. The summed E-state index contributed by atoms with van der Waals surface area (Å²) in [5.74, 6) is 0.683. The maximum absolute atomic E-state index is 12.0. The van der Waals surface area contributed by atoms with Gasteiger partial charge in [-0.2, -0.15) is 0 Å². The van der Waals surface area contributed by atoms with Gasteiger partial charge in [0.2, 0.25) is 0 Å². The van der Waals surface area contributed by atoms with Crippen LogP contribution in [0.15, 0.2) is 22.7 Å². The number of alkyl halides is 1. The lowest BCUT2D eigenvalue weighted by Gasteiger charge is -2.10. The van der Waals surface area contributed by atoms with Crippen LogP contribution in [0.5, 0.6) is 0 Å². The van der Waals surface area contributed by atoms with E-state index in [-0.39, 0.29) is 5.91 Å². The Balaban J connectivity index is 2.41. The Kier molecular flexibility index (Phi) is 6.94. The van der Waals surface area contributed by atoms with Crippen LogP contribution in [0.2, 0.25) is 0 Å². The van der Waals surface area contributed by atoms with Gasteiger partial charge in [0.25, 0.3) is 5.91 Å². The fourth-order valence-corrected chi connectivity index (χ4v) is 2.51. The summed E-state index contributed by atoms with van der Waals surface area (Å²) in [7, 11) is 0. The molecule has 0 aliphatic heterocycles. The average molecular weight is 377 g/mol. The molecule has 1 aromatic carbocycles. The van der Waals surface area contributed by atoms with E-state index < -0.39 is 0 Å². The zero-order valence-corrected chi connectivity index (χ0v) is 14.0. The molecule has 0 heterocycles. The van der Waals surface area contributed by atoms with E-state index in [2.05, 4.69) is 44.1 Å². The lowest BCUT2D eigenvalue weighted by atomic mass is 10.1. The molecule has 1 atom stereocenters. The lowest BCUT2D eigenvalue weighted by molar-refractivity contribution is 0.0952. The van der Waals surface area contributed by atoms with Crippen molar-refractivity contribution in [2.45, 2.75) is 26.7 Å². The number of hydrogen-bond acceptors (Lipinski definition) is 1. The molecule has 0 saturated heterocycles. The Morgan fingerprint density at radius 1 is 1.44 bits per heavy atom. The summed E-state index contributed by atoms with van der Waals surface area (Å²) in [6.07, 6.45) is 2.15. The summed E-state index contributed by atoms with van der Waals surface area (Å²) in [6.45, 7) is 4.90. The third-order valence-electron chi connectivity index (χ3n) is 2.86. The Morgan fingerprint density at radius 3 is 2.78 bits per heavy atom. The van der Waals surface area contributed by atoms with Gasteiger partial charge in [-0.3, -0.25) is 4.79 Å². The zero-order valence-electron chi connectivity index (χ0n) is 10.8. The minimum absolute atomic E-state index is 0.0199. The standard InChI is InChI=1S/C14H19Br2NO/c1-10(9-15)4-3-7-17-14(18)13-6-5-12(16)8-11(13)2/h5-6,8,10H,3-4,7,9H2,1-2H3,(H,17,18). The second-order valence-electron chi connectivity index (χ2n) is 4.62. The summed E-state index contributed by atoms with van der Waals surface area (Å²) in [6, 6.07) is 5.71. The summed E-state index contributed by atoms with van der Waals surface area (Å²) in [4.78, 5) is 12.0. The van der Waals surface area contributed by atoms with Crippen LogP contribution >= 0.6 is 31.9 Å². The average Bonchev–Trinajstić information content (AvgIpc) is 2.34. The topological polar surface area (TPSA) is 29.1 Å². The Morgan fingerprint density at radius 2 is 2.17 bits per heavy atom. The fourth-order valence-electron chi connectivity index (χ4n) is 1.71. The van der Waals surface area contributed by atoms with Crippen LogP contribution < -0.4 is 5.32 Å². The number of hydrogen-bond donors (Lipinski definition) is 1. The van der Waals surface area contributed by atoms with Crippen molar-refractivity contribution < 1.29 is 4.79 Å². The van der Waals surface area contributed by atoms with Crippen LogP contribution in [0.3, 0.4) is 0 Å². The molecule has 1 aromatic rings. The highest BCUT2D eigenvalue weighted by Gasteiger charge is 2.08. The molecule has 1 N–H and O–H groups in total. The van der Waals surface area contributed by atoms with Crippen molar-refractivity contribution in [1.29, 1.82) is 0 Å². The van der Waals surface area contributed by atoms with Crippen LogP contribution in [0.4, 0.5) is 0 Å². The Hall–Kier alpha value is -0.350. The predicted molar refractivity (Wildman–Crippen MR) is 83.4 cm³/mol. The Bertz CT molecular complexity index is 407.